The van der Waals surface area contributed by atoms with Crippen LogP contribution in [0.2, 0.25) is 0 Å². The predicted molar refractivity (Wildman–Crippen MR) is 44.0 cm³/mol. The fraction of sp³-hybridized carbons (Fsp3) is 0.875. The first-order valence-electron chi connectivity index (χ1n) is 4.22. The Morgan fingerprint density at radius 3 is 2.55 bits per heavy atom. The molecule has 0 unspecified atom stereocenters. The molecule has 0 aliphatic heterocycles. The van der Waals surface area contributed by atoms with E-state index in [1.165, 1.54) is 6.42 Å². The van der Waals surface area contributed by atoms with Crippen LogP contribution in [0.1, 0.15) is 25.7 Å². The van der Waals surface area contributed by atoms with Crippen LogP contribution < -0.4 is 11.1 Å². The smallest absolute Gasteiger partial charge is 0.222 e. The van der Waals surface area contributed by atoms with Crippen molar-refractivity contribution in [2.75, 3.05) is 7.05 Å². The number of carbonyl (C=O) groups excluding carboxylic acids is 1. The third-order valence-corrected chi connectivity index (χ3v) is 2.50. The van der Waals surface area contributed by atoms with E-state index >= 15 is 0 Å². The van der Waals surface area contributed by atoms with Gasteiger partial charge in [0.1, 0.15) is 0 Å². The average molecular weight is 156 g/mol. The molecule has 1 rings (SSSR count). The molecule has 0 aromatic rings. The number of nitrogens with two attached hydrogens (primary N) is 1. The number of carbonyl (C=O) groups is 1. The van der Waals surface area contributed by atoms with Gasteiger partial charge in [-0.2, -0.15) is 0 Å². The number of rotatable bonds is 2. The topological polar surface area (TPSA) is 55.1 Å². The molecule has 64 valence electrons. The summed E-state index contributed by atoms with van der Waals surface area (Å²) in [5.74, 6) is -0.0854. The van der Waals surface area contributed by atoms with E-state index in [9.17, 15) is 4.79 Å². The first-order valence-corrected chi connectivity index (χ1v) is 4.22. The van der Waals surface area contributed by atoms with Gasteiger partial charge in [-0.25, -0.2) is 0 Å². The molecule has 0 bridgehead atoms. The molecule has 0 saturated heterocycles. The second-order valence-corrected chi connectivity index (χ2v) is 3.19. The highest BCUT2D eigenvalue weighted by molar-refractivity contribution is 5.77. The normalized spacial score (nSPS) is 31.7. The van der Waals surface area contributed by atoms with Gasteiger partial charge in [0.15, 0.2) is 0 Å². The van der Waals surface area contributed by atoms with E-state index in [1.807, 2.05) is 7.05 Å². The summed E-state index contributed by atoms with van der Waals surface area (Å²) in [5, 5.41) is 3.13. The summed E-state index contributed by atoms with van der Waals surface area (Å²) in [6.45, 7) is 0. The minimum atomic E-state index is -0.149. The van der Waals surface area contributed by atoms with Crippen LogP contribution in [-0.4, -0.2) is 19.0 Å². The molecule has 0 radical (unpaired) electrons. The fourth-order valence-corrected chi connectivity index (χ4v) is 1.82. The van der Waals surface area contributed by atoms with Gasteiger partial charge >= 0.3 is 0 Å². The first-order chi connectivity index (χ1) is 5.25. The Hall–Kier alpha value is -0.570. The largest absolute Gasteiger partial charge is 0.369 e. The van der Waals surface area contributed by atoms with Crippen LogP contribution in [0.25, 0.3) is 0 Å². The van der Waals surface area contributed by atoms with Gasteiger partial charge in [-0.15, -0.1) is 0 Å². The lowest BCUT2D eigenvalue weighted by Crippen LogP contribution is -2.43. The third kappa shape index (κ3) is 1.93. The highest BCUT2D eigenvalue weighted by atomic mass is 16.1. The van der Waals surface area contributed by atoms with Gasteiger partial charge < -0.3 is 11.1 Å². The molecule has 1 amide bonds. The van der Waals surface area contributed by atoms with Gasteiger partial charge in [-0.3, -0.25) is 4.79 Å². The van der Waals surface area contributed by atoms with Crippen molar-refractivity contribution in [2.45, 2.75) is 31.7 Å². The minimum absolute atomic E-state index is 0.0637. The molecule has 0 heterocycles. The summed E-state index contributed by atoms with van der Waals surface area (Å²) < 4.78 is 0. The molecule has 11 heavy (non-hydrogen) atoms. The Kier molecular flexibility index (Phi) is 2.88. The molecular formula is C8H16N2O. The van der Waals surface area contributed by atoms with Gasteiger partial charge in [0.2, 0.25) is 5.91 Å². The Morgan fingerprint density at radius 2 is 2.09 bits per heavy atom. The van der Waals surface area contributed by atoms with E-state index in [0.29, 0.717) is 6.04 Å². The second kappa shape index (κ2) is 3.72. The highest BCUT2D eigenvalue weighted by Gasteiger charge is 2.27. The predicted octanol–water partition coefficient (Wildman–Crippen LogP) is 0.250. The zero-order valence-corrected chi connectivity index (χ0v) is 6.97. The molecule has 1 aliphatic rings. The lowest BCUT2D eigenvalue weighted by Gasteiger charge is -2.28. The Labute approximate surface area is 67.3 Å². The summed E-state index contributed by atoms with van der Waals surface area (Å²) in [5.41, 5.74) is 5.25. The first kappa shape index (κ1) is 8.53. The Balaban J connectivity index is 2.51. The van der Waals surface area contributed by atoms with E-state index in [-0.39, 0.29) is 11.8 Å². The van der Waals surface area contributed by atoms with Crippen molar-refractivity contribution in [2.24, 2.45) is 11.7 Å². The van der Waals surface area contributed by atoms with Crippen LogP contribution in [0.5, 0.6) is 0 Å². The number of hydrogen-bond acceptors (Lipinski definition) is 2. The lowest BCUT2D eigenvalue weighted by atomic mass is 9.84. The van der Waals surface area contributed by atoms with Crippen molar-refractivity contribution in [3.05, 3.63) is 0 Å². The summed E-state index contributed by atoms with van der Waals surface area (Å²) in [6.07, 6.45) is 4.41. The zero-order valence-electron chi connectivity index (χ0n) is 6.97. The van der Waals surface area contributed by atoms with Gasteiger partial charge in [0, 0.05) is 6.04 Å². The van der Waals surface area contributed by atoms with Gasteiger partial charge in [0.05, 0.1) is 5.92 Å². The van der Waals surface area contributed by atoms with Crippen molar-refractivity contribution in [3.8, 4) is 0 Å². The summed E-state index contributed by atoms with van der Waals surface area (Å²) in [4.78, 5) is 10.9. The van der Waals surface area contributed by atoms with E-state index < -0.39 is 0 Å². The molecule has 3 heteroatoms. The molecule has 3 N–H and O–H groups in total. The molecule has 1 fully saturated rings. The maximum Gasteiger partial charge on any atom is 0.222 e. The molecular weight excluding hydrogens is 140 g/mol. The number of nitrogens with one attached hydrogen (secondary N) is 1. The van der Waals surface area contributed by atoms with Crippen molar-refractivity contribution in [3.63, 3.8) is 0 Å². The van der Waals surface area contributed by atoms with E-state index in [1.54, 1.807) is 0 Å². The van der Waals surface area contributed by atoms with Gasteiger partial charge in [-0.1, -0.05) is 12.8 Å². The van der Waals surface area contributed by atoms with E-state index in [4.69, 9.17) is 5.73 Å². The van der Waals surface area contributed by atoms with Crippen LogP contribution in [0, 0.1) is 5.92 Å². The highest BCUT2D eigenvalue weighted by Crippen LogP contribution is 2.23. The van der Waals surface area contributed by atoms with Crippen molar-refractivity contribution in [1.82, 2.24) is 5.32 Å². The summed E-state index contributed by atoms with van der Waals surface area (Å²) >= 11 is 0. The Morgan fingerprint density at radius 1 is 1.45 bits per heavy atom. The molecule has 2 atom stereocenters. The maximum absolute atomic E-state index is 10.9. The van der Waals surface area contributed by atoms with Crippen molar-refractivity contribution < 1.29 is 4.79 Å². The summed E-state index contributed by atoms with van der Waals surface area (Å²) in [7, 11) is 1.89. The quantitative estimate of drug-likeness (QED) is 0.602. The van der Waals surface area contributed by atoms with Crippen LogP contribution >= 0.6 is 0 Å². The van der Waals surface area contributed by atoms with Crippen LogP contribution in [0.15, 0.2) is 0 Å². The average Bonchev–Trinajstić information content (AvgIpc) is 2.04. The molecule has 0 spiro atoms. The third-order valence-electron chi connectivity index (χ3n) is 2.50. The molecule has 1 aliphatic carbocycles. The monoisotopic (exact) mass is 156 g/mol. The van der Waals surface area contributed by atoms with Crippen LogP contribution in [0.3, 0.4) is 0 Å². The molecule has 0 aromatic carbocycles. The SMILES string of the molecule is CN[C@@H]1CCCC[C@H]1C(N)=O. The van der Waals surface area contributed by atoms with E-state index in [2.05, 4.69) is 5.32 Å². The fourth-order valence-electron chi connectivity index (χ4n) is 1.82. The minimum Gasteiger partial charge on any atom is -0.369 e. The zero-order chi connectivity index (χ0) is 8.27. The Bertz CT molecular complexity index is 147. The number of hydrogen-bond donors (Lipinski definition) is 2. The van der Waals surface area contributed by atoms with Crippen molar-refractivity contribution >= 4 is 5.91 Å². The van der Waals surface area contributed by atoms with Crippen LogP contribution in [0.4, 0.5) is 0 Å². The molecule has 3 nitrogen and oxygen atoms in total. The molecule has 1 saturated carbocycles. The van der Waals surface area contributed by atoms with Gasteiger partial charge in [-0.05, 0) is 19.9 Å². The standard InChI is InChI=1S/C8H16N2O/c1-10-7-5-3-2-4-6(7)8(9)11/h6-7,10H,2-5H2,1H3,(H2,9,11)/t6-,7-/m1/s1. The van der Waals surface area contributed by atoms with Gasteiger partial charge in [0.25, 0.3) is 0 Å². The van der Waals surface area contributed by atoms with E-state index in [0.717, 1.165) is 19.3 Å². The number of primary amides is 1. The molecule has 0 aromatic heterocycles. The van der Waals surface area contributed by atoms with Crippen molar-refractivity contribution in [1.29, 1.82) is 0 Å². The van der Waals surface area contributed by atoms with Crippen LogP contribution in [-0.2, 0) is 4.79 Å². The number of amides is 1. The lowest BCUT2D eigenvalue weighted by molar-refractivity contribution is -0.123. The summed E-state index contributed by atoms with van der Waals surface area (Å²) in [6, 6.07) is 0.321. The second-order valence-electron chi connectivity index (χ2n) is 3.19. The maximum atomic E-state index is 10.9.